The molecule has 0 spiro atoms. The molecule has 0 aromatic carbocycles. The van der Waals surface area contributed by atoms with Crippen molar-refractivity contribution in [3.8, 4) is 0 Å². The standard InChI is InChI=1S/C44H87NO9/c1-3-5-7-9-11-13-15-17-18-19-20-21-23-25-27-29-31-33-39(48)45-36(35-53-44-43(52)42(51)41(50)38(34-46)54-44)40(49)37(47)32-30-28-26-24-22-16-14-12-10-8-6-4-2/h36-38,40-44,46-47,49-52H,3-35H2,1-2H3,(H,45,48)/t36-,37+,38+,40-,41-,42-,43+,44-/m0/s1. The van der Waals surface area contributed by atoms with Crippen LogP contribution in [0.2, 0.25) is 0 Å². The lowest BCUT2D eigenvalue weighted by atomic mass is 9.98. The number of rotatable bonds is 38. The molecule has 1 aliphatic rings. The van der Waals surface area contributed by atoms with Crippen molar-refractivity contribution in [2.24, 2.45) is 0 Å². The molecule has 0 aromatic rings. The van der Waals surface area contributed by atoms with Crippen molar-refractivity contribution in [3.63, 3.8) is 0 Å². The summed E-state index contributed by atoms with van der Waals surface area (Å²) in [6.45, 7) is 3.61. The van der Waals surface area contributed by atoms with Crippen molar-refractivity contribution in [2.75, 3.05) is 13.2 Å². The van der Waals surface area contributed by atoms with E-state index >= 15 is 0 Å². The third kappa shape index (κ3) is 25.4. The van der Waals surface area contributed by atoms with E-state index in [9.17, 15) is 35.4 Å². The minimum absolute atomic E-state index is 0.255. The molecule has 8 atom stereocenters. The molecule has 0 unspecified atom stereocenters. The lowest BCUT2D eigenvalue weighted by molar-refractivity contribution is -0.303. The van der Waals surface area contributed by atoms with Crippen molar-refractivity contribution in [2.45, 2.75) is 262 Å². The molecular weight excluding hydrogens is 686 g/mol. The number of nitrogens with one attached hydrogen (secondary N) is 1. The lowest BCUT2D eigenvalue weighted by Gasteiger charge is -2.40. The Morgan fingerprint density at radius 3 is 1.37 bits per heavy atom. The molecule has 7 N–H and O–H groups in total. The Hall–Kier alpha value is -0.850. The van der Waals surface area contributed by atoms with Gasteiger partial charge in [-0.25, -0.2) is 0 Å². The zero-order valence-electron chi connectivity index (χ0n) is 34.9. The highest BCUT2D eigenvalue weighted by Gasteiger charge is 2.44. The van der Waals surface area contributed by atoms with Crippen LogP contribution >= 0.6 is 0 Å². The van der Waals surface area contributed by atoms with Crippen molar-refractivity contribution < 1.29 is 44.9 Å². The summed E-state index contributed by atoms with van der Waals surface area (Å²) >= 11 is 0. The van der Waals surface area contributed by atoms with Crippen LogP contribution in [-0.2, 0) is 14.3 Å². The Bertz CT molecular complexity index is 834. The number of ether oxygens (including phenoxy) is 2. The van der Waals surface area contributed by atoms with E-state index in [-0.39, 0.29) is 18.9 Å². The van der Waals surface area contributed by atoms with Crippen LogP contribution in [0.1, 0.15) is 213 Å². The summed E-state index contributed by atoms with van der Waals surface area (Å²) in [5, 5.41) is 65.1. The smallest absolute Gasteiger partial charge is 0.220 e. The molecule has 0 aromatic heterocycles. The average Bonchev–Trinajstić information content (AvgIpc) is 3.17. The molecule has 10 heteroatoms. The summed E-state index contributed by atoms with van der Waals surface area (Å²) in [4.78, 5) is 13.0. The molecule has 0 aliphatic carbocycles. The van der Waals surface area contributed by atoms with Gasteiger partial charge in [-0.05, 0) is 12.8 Å². The number of aliphatic hydroxyl groups excluding tert-OH is 6. The minimum Gasteiger partial charge on any atom is -0.394 e. The largest absolute Gasteiger partial charge is 0.394 e. The molecule has 322 valence electrons. The van der Waals surface area contributed by atoms with Gasteiger partial charge in [0.1, 0.15) is 30.5 Å². The van der Waals surface area contributed by atoms with Gasteiger partial charge in [0, 0.05) is 6.42 Å². The van der Waals surface area contributed by atoms with E-state index in [0.29, 0.717) is 6.42 Å². The molecule has 1 fully saturated rings. The topological polar surface area (TPSA) is 169 Å². The molecular formula is C44H87NO9. The molecule has 0 bridgehead atoms. The summed E-state index contributed by atoms with van der Waals surface area (Å²) in [6, 6.07) is -0.983. The van der Waals surface area contributed by atoms with Crippen LogP contribution in [0, 0.1) is 0 Å². The molecule has 54 heavy (non-hydrogen) atoms. The highest BCUT2D eigenvalue weighted by Crippen LogP contribution is 2.23. The van der Waals surface area contributed by atoms with Crippen LogP contribution in [0.25, 0.3) is 0 Å². The maximum Gasteiger partial charge on any atom is 0.220 e. The summed E-state index contributed by atoms with van der Waals surface area (Å²) in [7, 11) is 0. The quantitative estimate of drug-likeness (QED) is 0.0306. The molecule has 1 aliphatic heterocycles. The number of amides is 1. The van der Waals surface area contributed by atoms with Gasteiger partial charge in [0.25, 0.3) is 0 Å². The van der Waals surface area contributed by atoms with E-state index in [1.807, 2.05) is 0 Å². The van der Waals surface area contributed by atoms with Gasteiger partial charge in [0.2, 0.25) is 5.91 Å². The van der Waals surface area contributed by atoms with Gasteiger partial charge in [0.05, 0.1) is 25.4 Å². The Morgan fingerprint density at radius 2 is 0.963 bits per heavy atom. The number of aliphatic hydroxyl groups is 6. The molecule has 0 saturated carbocycles. The first kappa shape index (κ1) is 51.2. The van der Waals surface area contributed by atoms with Gasteiger partial charge < -0.3 is 45.4 Å². The van der Waals surface area contributed by atoms with Gasteiger partial charge in [0.15, 0.2) is 6.29 Å². The predicted octanol–water partition coefficient (Wildman–Crippen LogP) is 8.14. The van der Waals surface area contributed by atoms with E-state index in [1.54, 1.807) is 0 Å². The fourth-order valence-electron chi connectivity index (χ4n) is 7.55. The maximum absolute atomic E-state index is 13.0. The first-order chi connectivity index (χ1) is 26.3. The van der Waals surface area contributed by atoms with Crippen molar-refractivity contribution in [3.05, 3.63) is 0 Å². The number of hydrogen-bond donors (Lipinski definition) is 7. The number of carbonyl (C=O) groups excluding carboxylic acids is 1. The number of hydrogen-bond acceptors (Lipinski definition) is 9. The highest BCUT2D eigenvalue weighted by molar-refractivity contribution is 5.76. The van der Waals surface area contributed by atoms with Crippen LogP contribution < -0.4 is 5.32 Å². The normalized spacial score (nSPS) is 22.0. The second kappa shape index (κ2) is 35.3. The van der Waals surface area contributed by atoms with Gasteiger partial charge in [-0.2, -0.15) is 0 Å². The molecule has 10 nitrogen and oxygen atoms in total. The minimum atomic E-state index is -1.60. The second-order valence-corrected chi connectivity index (χ2v) is 16.3. The average molecular weight is 774 g/mol. The monoisotopic (exact) mass is 774 g/mol. The molecule has 1 heterocycles. The summed E-state index contributed by atoms with van der Waals surface area (Å²) < 4.78 is 11.1. The van der Waals surface area contributed by atoms with E-state index in [4.69, 9.17) is 9.47 Å². The van der Waals surface area contributed by atoms with E-state index < -0.39 is 55.6 Å². The van der Waals surface area contributed by atoms with Crippen LogP contribution in [0.5, 0.6) is 0 Å². The first-order valence-corrected chi connectivity index (χ1v) is 22.8. The lowest BCUT2D eigenvalue weighted by Crippen LogP contribution is -2.60. The van der Waals surface area contributed by atoms with Crippen molar-refractivity contribution in [1.82, 2.24) is 5.32 Å². The Labute approximate surface area is 330 Å². The van der Waals surface area contributed by atoms with Gasteiger partial charge in [-0.1, -0.05) is 194 Å². The third-order valence-corrected chi connectivity index (χ3v) is 11.3. The number of unbranched alkanes of at least 4 members (excludes halogenated alkanes) is 27. The zero-order valence-corrected chi connectivity index (χ0v) is 34.9. The van der Waals surface area contributed by atoms with Crippen LogP contribution in [-0.4, -0.2) is 98.7 Å². The maximum atomic E-state index is 13.0. The fourth-order valence-corrected chi connectivity index (χ4v) is 7.55. The number of carbonyl (C=O) groups is 1. The molecule has 1 rings (SSSR count). The van der Waals surface area contributed by atoms with Gasteiger partial charge >= 0.3 is 0 Å². The Balaban J connectivity index is 2.38. The second-order valence-electron chi connectivity index (χ2n) is 16.3. The van der Waals surface area contributed by atoms with Crippen molar-refractivity contribution in [1.29, 1.82) is 0 Å². The fraction of sp³-hybridized carbons (Fsp3) is 0.977. The van der Waals surface area contributed by atoms with E-state index in [1.165, 1.54) is 148 Å². The zero-order chi connectivity index (χ0) is 39.7. The van der Waals surface area contributed by atoms with E-state index in [2.05, 4.69) is 19.2 Å². The van der Waals surface area contributed by atoms with Crippen LogP contribution in [0.3, 0.4) is 0 Å². The molecule has 1 amide bonds. The molecule has 0 radical (unpaired) electrons. The molecule has 1 saturated heterocycles. The van der Waals surface area contributed by atoms with E-state index in [0.717, 1.165) is 38.5 Å². The SMILES string of the molecule is CCCCCCCCCCCCCCCCCCCC(=O)N[C@@H](CO[C@H]1O[C@H](CO)[C@H](O)[C@H](O)[C@H]1O)[C@H](O)[C@H](O)CCCCCCCCCCCCCC. The van der Waals surface area contributed by atoms with Gasteiger partial charge in [-0.3, -0.25) is 4.79 Å². The first-order valence-electron chi connectivity index (χ1n) is 22.8. The summed E-state index contributed by atoms with van der Waals surface area (Å²) in [5.41, 5.74) is 0. The van der Waals surface area contributed by atoms with Gasteiger partial charge in [-0.15, -0.1) is 0 Å². The third-order valence-electron chi connectivity index (χ3n) is 11.3. The predicted molar refractivity (Wildman–Crippen MR) is 218 cm³/mol. The summed E-state index contributed by atoms with van der Waals surface area (Å²) in [5.74, 6) is -0.255. The summed E-state index contributed by atoms with van der Waals surface area (Å²) in [6.07, 6.45) is 26.8. The Morgan fingerprint density at radius 1 is 0.574 bits per heavy atom. The highest BCUT2D eigenvalue weighted by atomic mass is 16.7. The van der Waals surface area contributed by atoms with Crippen LogP contribution in [0.4, 0.5) is 0 Å². The van der Waals surface area contributed by atoms with Crippen LogP contribution in [0.15, 0.2) is 0 Å². The Kier molecular flexibility index (Phi) is 33.5. The van der Waals surface area contributed by atoms with Crippen molar-refractivity contribution >= 4 is 5.91 Å².